The molecule has 1 aliphatic rings. The lowest BCUT2D eigenvalue weighted by Gasteiger charge is -2.29. The third-order valence-electron chi connectivity index (χ3n) is 5.20. The number of aliphatic hydroxyl groups excluding tert-OH is 2. The lowest BCUT2D eigenvalue weighted by atomic mass is 9.77. The van der Waals surface area contributed by atoms with Crippen molar-refractivity contribution in [2.24, 2.45) is 11.8 Å². The number of rotatable bonds is 7. The number of aliphatic hydroxyl groups is 2. The van der Waals surface area contributed by atoms with Gasteiger partial charge in [0.2, 0.25) is 0 Å². The van der Waals surface area contributed by atoms with Crippen molar-refractivity contribution in [2.75, 3.05) is 13.2 Å². The van der Waals surface area contributed by atoms with E-state index in [0.29, 0.717) is 5.56 Å². The largest absolute Gasteiger partial charge is 0.396 e. The molecule has 4 heteroatoms. The molecule has 1 aromatic carbocycles. The zero-order valence-electron chi connectivity index (χ0n) is 13.9. The van der Waals surface area contributed by atoms with E-state index in [1.165, 1.54) is 12.8 Å². The fraction of sp³-hybridized carbons (Fsp3) is 0.684. The van der Waals surface area contributed by atoms with Crippen LogP contribution >= 0.6 is 0 Å². The first-order valence-corrected chi connectivity index (χ1v) is 8.79. The van der Waals surface area contributed by atoms with E-state index in [9.17, 15) is 8.78 Å². The predicted octanol–water partition coefficient (Wildman–Crippen LogP) is 4.18. The average molecular weight is 326 g/mol. The molecule has 0 heterocycles. The molecule has 0 aromatic heterocycles. The van der Waals surface area contributed by atoms with Crippen molar-refractivity contribution in [1.29, 1.82) is 0 Å². The Balaban J connectivity index is 2.08. The summed E-state index contributed by atoms with van der Waals surface area (Å²) >= 11 is 0. The van der Waals surface area contributed by atoms with E-state index in [0.717, 1.165) is 31.6 Å². The summed E-state index contributed by atoms with van der Waals surface area (Å²) < 4.78 is 28.8. The maximum absolute atomic E-state index is 14.5. The molecule has 23 heavy (non-hydrogen) atoms. The maximum atomic E-state index is 14.5. The van der Waals surface area contributed by atoms with Crippen LogP contribution in [0.3, 0.4) is 0 Å². The Labute approximate surface area is 137 Å². The first-order chi connectivity index (χ1) is 11.1. The SMILES string of the molecule is CCCC1CCC(c2ccc(CC(CO)CO)c(F)c2F)CC1. The van der Waals surface area contributed by atoms with Crippen molar-refractivity contribution in [3.63, 3.8) is 0 Å². The summed E-state index contributed by atoms with van der Waals surface area (Å²) in [7, 11) is 0. The molecule has 0 unspecified atom stereocenters. The van der Waals surface area contributed by atoms with E-state index >= 15 is 0 Å². The van der Waals surface area contributed by atoms with Crippen LogP contribution in [0, 0.1) is 23.5 Å². The molecule has 0 saturated heterocycles. The molecule has 2 rings (SSSR count). The van der Waals surface area contributed by atoms with Gasteiger partial charge in [-0.3, -0.25) is 0 Å². The second-order valence-corrected chi connectivity index (χ2v) is 6.88. The molecule has 2 N–H and O–H groups in total. The lowest BCUT2D eigenvalue weighted by Crippen LogP contribution is -2.17. The van der Waals surface area contributed by atoms with Gasteiger partial charge in [-0.15, -0.1) is 0 Å². The summed E-state index contributed by atoms with van der Waals surface area (Å²) in [5.41, 5.74) is 0.727. The topological polar surface area (TPSA) is 40.5 Å². The molecular weight excluding hydrogens is 298 g/mol. The van der Waals surface area contributed by atoms with Crippen LogP contribution in [0.4, 0.5) is 8.78 Å². The van der Waals surface area contributed by atoms with E-state index < -0.39 is 17.6 Å². The standard InChI is InChI=1S/C19H28F2O2/c1-2-3-13-4-6-15(7-5-13)17-9-8-16(18(20)19(17)21)10-14(11-22)12-23/h8-9,13-15,22-23H,2-7,10-12H2,1H3. The number of benzene rings is 1. The highest BCUT2D eigenvalue weighted by atomic mass is 19.2. The fourth-order valence-electron chi connectivity index (χ4n) is 3.75. The van der Waals surface area contributed by atoms with Crippen LogP contribution in [0.2, 0.25) is 0 Å². The van der Waals surface area contributed by atoms with Crippen LogP contribution in [0.5, 0.6) is 0 Å². The summed E-state index contributed by atoms with van der Waals surface area (Å²) in [6, 6.07) is 3.31. The summed E-state index contributed by atoms with van der Waals surface area (Å²) in [4.78, 5) is 0. The van der Waals surface area contributed by atoms with Crippen molar-refractivity contribution < 1.29 is 19.0 Å². The smallest absolute Gasteiger partial charge is 0.162 e. The Morgan fingerprint density at radius 3 is 2.26 bits per heavy atom. The summed E-state index contributed by atoms with van der Waals surface area (Å²) in [6.07, 6.45) is 6.61. The van der Waals surface area contributed by atoms with Gasteiger partial charge in [0.25, 0.3) is 0 Å². The van der Waals surface area contributed by atoms with Gasteiger partial charge in [-0.2, -0.15) is 0 Å². The minimum absolute atomic E-state index is 0.109. The van der Waals surface area contributed by atoms with Crippen molar-refractivity contribution in [3.05, 3.63) is 34.9 Å². The van der Waals surface area contributed by atoms with Gasteiger partial charge in [-0.1, -0.05) is 31.9 Å². The molecule has 0 spiro atoms. The third-order valence-corrected chi connectivity index (χ3v) is 5.20. The fourth-order valence-corrected chi connectivity index (χ4v) is 3.75. The number of hydrogen-bond acceptors (Lipinski definition) is 2. The van der Waals surface area contributed by atoms with Gasteiger partial charge in [0, 0.05) is 19.1 Å². The van der Waals surface area contributed by atoms with Crippen LogP contribution in [0.15, 0.2) is 12.1 Å². The molecule has 130 valence electrons. The average Bonchev–Trinajstić information content (AvgIpc) is 2.57. The lowest BCUT2D eigenvalue weighted by molar-refractivity contribution is 0.149. The highest BCUT2D eigenvalue weighted by Crippen LogP contribution is 2.39. The highest BCUT2D eigenvalue weighted by Gasteiger charge is 2.26. The molecular formula is C19H28F2O2. The Morgan fingerprint density at radius 2 is 1.70 bits per heavy atom. The molecule has 1 saturated carbocycles. The van der Waals surface area contributed by atoms with Crippen LogP contribution < -0.4 is 0 Å². The zero-order chi connectivity index (χ0) is 16.8. The first kappa shape index (κ1) is 18.3. The molecule has 1 fully saturated rings. The molecule has 0 atom stereocenters. The first-order valence-electron chi connectivity index (χ1n) is 8.79. The van der Waals surface area contributed by atoms with Crippen LogP contribution in [-0.4, -0.2) is 23.4 Å². The quantitative estimate of drug-likeness (QED) is 0.789. The van der Waals surface area contributed by atoms with Crippen molar-refractivity contribution in [3.8, 4) is 0 Å². The van der Waals surface area contributed by atoms with Gasteiger partial charge in [0.05, 0.1) is 0 Å². The molecule has 0 aliphatic heterocycles. The second kappa shape index (κ2) is 8.74. The Hall–Kier alpha value is -1.00. The van der Waals surface area contributed by atoms with E-state index in [2.05, 4.69) is 6.92 Å². The highest BCUT2D eigenvalue weighted by molar-refractivity contribution is 5.29. The van der Waals surface area contributed by atoms with Gasteiger partial charge in [-0.25, -0.2) is 8.78 Å². The third kappa shape index (κ3) is 4.51. The van der Waals surface area contributed by atoms with Gasteiger partial charge in [0.15, 0.2) is 11.6 Å². The zero-order valence-corrected chi connectivity index (χ0v) is 13.9. The Kier molecular flexibility index (Phi) is 6.97. The normalized spacial score (nSPS) is 21.8. The number of hydrogen-bond donors (Lipinski definition) is 2. The van der Waals surface area contributed by atoms with Gasteiger partial charge in [-0.05, 0) is 55.1 Å². The van der Waals surface area contributed by atoms with Crippen molar-refractivity contribution in [2.45, 2.75) is 57.8 Å². The van der Waals surface area contributed by atoms with E-state index in [1.807, 2.05) is 0 Å². The van der Waals surface area contributed by atoms with E-state index in [4.69, 9.17) is 10.2 Å². The Morgan fingerprint density at radius 1 is 1.04 bits per heavy atom. The van der Waals surface area contributed by atoms with Gasteiger partial charge < -0.3 is 10.2 Å². The molecule has 1 aliphatic carbocycles. The van der Waals surface area contributed by atoms with Gasteiger partial charge >= 0.3 is 0 Å². The molecule has 1 aromatic rings. The Bertz CT molecular complexity index is 492. The molecule has 0 bridgehead atoms. The summed E-state index contributed by atoms with van der Waals surface area (Å²) in [5.74, 6) is -1.16. The van der Waals surface area contributed by atoms with E-state index in [-0.39, 0.29) is 31.1 Å². The van der Waals surface area contributed by atoms with Gasteiger partial charge in [0.1, 0.15) is 0 Å². The molecule has 0 amide bonds. The summed E-state index contributed by atoms with van der Waals surface area (Å²) in [5, 5.41) is 18.2. The van der Waals surface area contributed by atoms with Crippen LogP contribution in [-0.2, 0) is 6.42 Å². The molecule has 0 radical (unpaired) electrons. The predicted molar refractivity (Wildman–Crippen MR) is 87.3 cm³/mol. The number of halogens is 2. The summed E-state index contributed by atoms with van der Waals surface area (Å²) in [6.45, 7) is 1.72. The van der Waals surface area contributed by atoms with Crippen molar-refractivity contribution in [1.82, 2.24) is 0 Å². The van der Waals surface area contributed by atoms with Crippen molar-refractivity contribution >= 4 is 0 Å². The molecule has 2 nitrogen and oxygen atoms in total. The second-order valence-electron chi connectivity index (χ2n) is 6.88. The minimum atomic E-state index is -0.815. The monoisotopic (exact) mass is 326 g/mol. The van der Waals surface area contributed by atoms with Crippen LogP contribution in [0.1, 0.15) is 62.5 Å². The van der Waals surface area contributed by atoms with Crippen LogP contribution in [0.25, 0.3) is 0 Å². The van der Waals surface area contributed by atoms with E-state index in [1.54, 1.807) is 12.1 Å². The maximum Gasteiger partial charge on any atom is 0.162 e. The minimum Gasteiger partial charge on any atom is -0.396 e.